The standard InChI is InChI=1S/C17H10F21N2/c1-2-3-4-39-5-6-40(7-39)17(37,38)15(32,33)13(28,29)11(24,25)9(20,21)8(18,19)10(22,23)12(26,27)14(30,31)16(34,35)36/h2,5-7H,1,3-4H2/q+1. The van der Waals surface area contributed by atoms with Gasteiger partial charge < -0.3 is 0 Å². The molecule has 1 heterocycles. The number of alkyl halides is 21. The Balaban J connectivity index is 3.75. The minimum Gasteiger partial charge on any atom is -0.236 e. The van der Waals surface area contributed by atoms with Crippen molar-refractivity contribution in [3.8, 4) is 0 Å². The number of imidazole rings is 1. The van der Waals surface area contributed by atoms with E-state index in [0.717, 1.165) is 6.08 Å². The van der Waals surface area contributed by atoms with Crippen molar-refractivity contribution >= 4 is 0 Å². The van der Waals surface area contributed by atoms with Crippen molar-refractivity contribution in [1.29, 1.82) is 0 Å². The van der Waals surface area contributed by atoms with Crippen LogP contribution in [0.2, 0.25) is 0 Å². The average molecular weight is 641 g/mol. The predicted molar refractivity (Wildman–Crippen MR) is 85.3 cm³/mol. The molecule has 0 aliphatic rings. The van der Waals surface area contributed by atoms with Crippen LogP contribution in [0.15, 0.2) is 31.4 Å². The molecule has 0 unspecified atom stereocenters. The van der Waals surface area contributed by atoms with E-state index in [2.05, 4.69) is 6.58 Å². The Morgan fingerprint density at radius 1 is 0.525 bits per heavy atom. The summed E-state index contributed by atoms with van der Waals surface area (Å²) in [5.74, 6) is -70.4. The predicted octanol–water partition coefficient (Wildman–Crippen LogP) is 7.55. The fourth-order valence-corrected chi connectivity index (χ4v) is 2.65. The van der Waals surface area contributed by atoms with Gasteiger partial charge in [-0.15, -0.1) is 6.58 Å². The third kappa shape index (κ3) is 4.44. The van der Waals surface area contributed by atoms with Gasteiger partial charge >= 0.3 is 59.6 Å². The van der Waals surface area contributed by atoms with E-state index >= 15 is 0 Å². The zero-order chi connectivity index (χ0) is 32.4. The quantitative estimate of drug-likeness (QED) is 0.127. The van der Waals surface area contributed by atoms with E-state index < -0.39 is 70.7 Å². The van der Waals surface area contributed by atoms with Crippen molar-refractivity contribution in [3.63, 3.8) is 0 Å². The van der Waals surface area contributed by atoms with Crippen LogP contribution in [0.25, 0.3) is 0 Å². The number of hydrogen-bond acceptors (Lipinski definition) is 0. The average Bonchev–Trinajstić information content (AvgIpc) is 3.25. The molecule has 0 atom stereocenters. The lowest BCUT2D eigenvalue weighted by Gasteiger charge is -2.44. The number of nitrogens with zero attached hydrogens (tertiary/aromatic N) is 2. The highest BCUT2D eigenvalue weighted by atomic mass is 19.4. The van der Waals surface area contributed by atoms with Gasteiger partial charge in [-0.2, -0.15) is 96.8 Å². The summed E-state index contributed by atoms with van der Waals surface area (Å²) in [6.07, 6.45) is -7.28. The van der Waals surface area contributed by atoms with Crippen LogP contribution in [0.4, 0.5) is 92.2 Å². The summed E-state index contributed by atoms with van der Waals surface area (Å²) < 4.78 is 280. The molecular formula is C17H10F21N2+. The molecule has 0 aromatic carbocycles. The summed E-state index contributed by atoms with van der Waals surface area (Å²) in [6.45, 7) is 2.67. The summed E-state index contributed by atoms with van der Waals surface area (Å²) >= 11 is 0. The fraction of sp³-hybridized carbons (Fsp3) is 0.706. The van der Waals surface area contributed by atoms with E-state index in [9.17, 15) is 92.2 Å². The molecule has 0 spiro atoms. The number of allylic oxidation sites excluding steroid dienone is 1. The fourth-order valence-electron chi connectivity index (χ4n) is 2.65. The largest absolute Gasteiger partial charge is 0.469 e. The Labute approximate surface area is 206 Å². The lowest BCUT2D eigenvalue weighted by molar-refractivity contribution is -0.696. The Morgan fingerprint density at radius 3 is 1.18 bits per heavy atom. The zero-order valence-corrected chi connectivity index (χ0v) is 18.3. The van der Waals surface area contributed by atoms with Crippen LogP contribution in [-0.2, 0) is 12.6 Å². The van der Waals surface area contributed by atoms with E-state index in [4.69, 9.17) is 0 Å². The molecule has 1 aromatic rings. The molecule has 2 nitrogen and oxygen atoms in total. The normalized spacial score (nSPS) is 15.9. The van der Waals surface area contributed by atoms with Crippen molar-refractivity contribution in [2.24, 2.45) is 0 Å². The van der Waals surface area contributed by atoms with Gasteiger partial charge in [0.25, 0.3) is 0 Å². The van der Waals surface area contributed by atoms with Crippen LogP contribution in [0.1, 0.15) is 6.42 Å². The molecule has 0 saturated carbocycles. The molecule has 23 heteroatoms. The van der Waals surface area contributed by atoms with E-state index in [-0.39, 0.29) is 18.9 Å². The van der Waals surface area contributed by atoms with Gasteiger partial charge in [-0.1, -0.05) is 6.08 Å². The van der Waals surface area contributed by atoms with Crippen LogP contribution < -0.4 is 4.57 Å². The van der Waals surface area contributed by atoms with Gasteiger partial charge in [0.1, 0.15) is 12.4 Å². The van der Waals surface area contributed by atoms with Crippen LogP contribution in [-0.4, -0.2) is 58.1 Å². The zero-order valence-electron chi connectivity index (χ0n) is 18.3. The van der Waals surface area contributed by atoms with Crippen LogP contribution in [0, 0.1) is 0 Å². The Hall–Kier alpha value is -2.52. The van der Waals surface area contributed by atoms with E-state index in [1.54, 1.807) is 0 Å². The molecule has 234 valence electrons. The summed E-state index contributed by atoms with van der Waals surface area (Å²) in [6, 6.07) is -6.85. The molecule has 0 bridgehead atoms. The summed E-state index contributed by atoms with van der Waals surface area (Å²) in [4.78, 5) is 0. The summed E-state index contributed by atoms with van der Waals surface area (Å²) in [5.41, 5.74) is 0. The van der Waals surface area contributed by atoms with Gasteiger partial charge in [-0.05, 0) is 0 Å². The second-order valence-electron chi connectivity index (χ2n) is 7.77. The van der Waals surface area contributed by atoms with E-state index in [1.807, 2.05) is 0 Å². The number of rotatable bonds is 12. The first-order chi connectivity index (χ1) is 17.3. The van der Waals surface area contributed by atoms with Crippen molar-refractivity contribution in [3.05, 3.63) is 31.4 Å². The topological polar surface area (TPSA) is 8.81 Å². The molecule has 0 fully saturated rings. The molecule has 1 rings (SSSR count). The van der Waals surface area contributed by atoms with E-state index in [0.29, 0.717) is 10.8 Å². The molecule has 0 aliphatic carbocycles. The maximum atomic E-state index is 14.1. The maximum absolute atomic E-state index is 14.1. The first kappa shape index (κ1) is 35.5. The lowest BCUT2D eigenvalue weighted by Crippen LogP contribution is -2.76. The molecular weight excluding hydrogens is 631 g/mol. The third-order valence-corrected chi connectivity index (χ3v) is 5.10. The third-order valence-electron chi connectivity index (χ3n) is 5.10. The molecule has 0 amide bonds. The molecule has 0 N–H and O–H groups in total. The van der Waals surface area contributed by atoms with Gasteiger partial charge in [0.2, 0.25) is 6.33 Å². The molecule has 40 heavy (non-hydrogen) atoms. The van der Waals surface area contributed by atoms with Gasteiger partial charge in [0.05, 0.1) is 6.54 Å². The van der Waals surface area contributed by atoms with Crippen LogP contribution in [0.5, 0.6) is 0 Å². The molecule has 0 aliphatic heterocycles. The van der Waals surface area contributed by atoms with E-state index in [1.165, 1.54) is 0 Å². The van der Waals surface area contributed by atoms with Crippen molar-refractivity contribution in [2.45, 2.75) is 72.6 Å². The molecule has 1 aromatic heterocycles. The number of aryl methyl sites for hydroxylation is 1. The minimum atomic E-state index is -9.18. The first-order valence-electron chi connectivity index (χ1n) is 9.44. The minimum absolute atomic E-state index is 0.154. The Bertz CT molecular complexity index is 1060. The monoisotopic (exact) mass is 641 g/mol. The summed E-state index contributed by atoms with van der Waals surface area (Å²) in [7, 11) is 0. The summed E-state index contributed by atoms with van der Waals surface area (Å²) in [5, 5.41) is 0. The number of aromatic nitrogens is 2. The highest BCUT2D eigenvalue weighted by Gasteiger charge is 2.98. The van der Waals surface area contributed by atoms with Crippen molar-refractivity contribution in [1.82, 2.24) is 4.57 Å². The Morgan fingerprint density at radius 2 is 0.850 bits per heavy atom. The Kier molecular flexibility index (Phi) is 8.44. The maximum Gasteiger partial charge on any atom is 0.469 e. The lowest BCUT2D eigenvalue weighted by atomic mass is 9.87. The first-order valence-corrected chi connectivity index (χ1v) is 9.44. The molecule has 0 radical (unpaired) electrons. The SMILES string of the molecule is C=CCC[n+]1ccn(C(F)(F)C(F)(F)C(F)(F)C(F)(F)C(F)(F)C(F)(F)C(F)(F)C(F)(F)C(F)(F)C(F)(F)F)c1. The van der Waals surface area contributed by atoms with Gasteiger partial charge in [0, 0.05) is 6.42 Å². The highest BCUT2D eigenvalue weighted by Crippen LogP contribution is 2.66. The van der Waals surface area contributed by atoms with Gasteiger partial charge in [-0.3, -0.25) is 0 Å². The smallest absolute Gasteiger partial charge is 0.236 e. The molecule has 0 saturated heterocycles. The van der Waals surface area contributed by atoms with Gasteiger partial charge in [-0.25, -0.2) is 4.57 Å². The van der Waals surface area contributed by atoms with Gasteiger partial charge in [0.15, 0.2) is 0 Å². The van der Waals surface area contributed by atoms with Crippen molar-refractivity contribution in [2.75, 3.05) is 0 Å². The number of halogens is 21. The van der Waals surface area contributed by atoms with Crippen molar-refractivity contribution < 1.29 is 96.8 Å². The number of hydrogen-bond donors (Lipinski definition) is 0. The highest BCUT2D eigenvalue weighted by molar-refractivity contribution is 5.17. The second kappa shape index (κ2) is 9.51. The van der Waals surface area contributed by atoms with Crippen LogP contribution >= 0.6 is 0 Å². The van der Waals surface area contributed by atoms with Crippen LogP contribution in [0.3, 0.4) is 0 Å². The second-order valence-corrected chi connectivity index (χ2v) is 7.77.